The molecule has 12 heavy (non-hydrogen) atoms. The molecule has 1 radical (unpaired) electrons. The zero-order valence-electron chi connectivity index (χ0n) is 7.10. The number of hydrogen-bond acceptors (Lipinski definition) is 1. The molecule has 0 fully saturated rings. The number of aryl methyl sites for hydroxylation is 1. The average molecular weight is 332 g/mol. The molecule has 2 rings (SSSR count). The van der Waals surface area contributed by atoms with Crippen LogP contribution in [0.1, 0.15) is 18.9 Å². The summed E-state index contributed by atoms with van der Waals surface area (Å²) in [7, 11) is 0. The van der Waals surface area contributed by atoms with Gasteiger partial charge in [0.2, 0.25) is 0 Å². The van der Waals surface area contributed by atoms with Crippen molar-refractivity contribution in [2.45, 2.75) is 19.8 Å². The van der Waals surface area contributed by atoms with Gasteiger partial charge in [0.1, 0.15) is 0 Å². The molecule has 0 spiro atoms. The van der Waals surface area contributed by atoms with Crippen molar-refractivity contribution in [2.75, 3.05) is 5.32 Å². The Kier molecular flexibility index (Phi) is 3.31. The van der Waals surface area contributed by atoms with E-state index in [4.69, 9.17) is 0 Å². The maximum atomic E-state index is 3.38. The third kappa shape index (κ3) is 1.88. The van der Waals surface area contributed by atoms with E-state index in [2.05, 4.69) is 36.5 Å². The normalized spacial score (nSPS) is 15.8. The van der Waals surface area contributed by atoms with Crippen molar-refractivity contribution in [1.82, 2.24) is 0 Å². The van der Waals surface area contributed by atoms with Gasteiger partial charge in [-0.25, -0.2) is 6.04 Å². The van der Waals surface area contributed by atoms with Crippen LogP contribution in [-0.4, -0.2) is 0 Å². The number of nitrogens with one attached hydrogen (secondary N) is 1. The van der Waals surface area contributed by atoms with Crippen molar-refractivity contribution in [3.63, 3.8) is 0 Å². The maximum Gasteiger partial charge on any atom is 0.00802 e. The van der Waals surface area contributed by atoms with E-state index in [1.165, 1.54) is 30.1 Å². The Hall–Kier alpha value is -0.318. The summed E-state index contributed by atoms with van der Waals surface area (Å²) in [6.07, 6.45) is 2.37. The van der Waals surface area contributed by atoms with Gasteiger partial charge in [-0.3, -0.25) is 0 Å². The topological polar surface area (TPSA) is 12.0 Å². The first-order chi connectivity index (χ1) is 5.36. The monoisotopic (exact) mass is 333 g/mol. The van der Waals surface area contributed by atoms with Crippen LogP contribution in [0.25, 0.3) is 0 Å². The molecule has 0 unspecified atom stereocenters. The van der Waals surface area contributed by atoms with Crippen molar-refractivity contribution < 1.29 is 20.4 Å². The number of benzene rings is 1. The van der Waals surface area contributed by atoms with Crippen LogP contribution in [0.15, 0.2) is 24.3 Å². The molecular weight excluding hydrogens is 320 g/mol. The molecule has 1 N–H and O–H groups in total. The van der Waals surface area contributed by atoms with Gasteiger partial charge in [0.05, 0.1) is 0 Å². The quantitative estimate of drug-likeness (QED) is 0.720. The van der Waals surface area contributed by atoms with E-state index in [0.717, 1.165) is 0 Å². The molecule has 1 aliphatic heterocycles. The minimum absolute atomic E-state index is 0. The van der Waals surface area contributed by atoms with Gasteiger partial charge in [-0.05, 0) is 11.6 Å². The third-order valence-electron chi connectivity index (χ3n) is 2.13. The molecule has 0 aromatic heterocycles. The van der Waals surface area contributed by atoms with Gasteiger partial charge in [0, 0.05) is 26.1 Å². The summed E-state index contributed by atoms with van der Waals surface area (Å²) in [5.74, 6) is 0. The van der Waals surface area contributed by atoms with E-state index >= 15 is 0 Å². The molecular formula is C10H12NRe-. The predicted molar refractivity (Wildman–Crippen MR) is 47.3 cm³/mol. The maximum absolute atomic E-state index is 3.38. The minimum atomic E-state index is 0. The Labute approximate surface area is 87.2 Å². The molecule has 1 aromatic carbocycles. The first-order valence-corrected chi connectivity index (χ1v) is 4.03. The molecule has 0 saturated carbocycles. The summed E-state index contributed by atoms with van der Waals surface area (Å²) in [6.45, 7) is 2.15. The molecule has 1 nitrogen and oxygen atoms in total. The number of anilines is 1. The fourth-order valence-electron chi connectivity index (χ4n) is 1.47. The molecule has 1 heterocycles. The van der Waals surface area contributed by atoms with Gasteiger partial charge < -0.3 is 5.32 Å². The minimum Gasteiger partial charge on any atom is -0.532 e. The van der Waals surface area contributed by atoms with Crippen LogP contribution >= 0.6 is 0 Å². The first kappa shape index (κ1) is 9.77. The van der Waals surface area contributed by atoms with Crippen LogP contribution in [0.4, 0.5) is 5.69 Å². The van der Waals surface area contributed by atoms with Crippen LogP contribution in [0.5, 0.6) is 0 Å². The van der Waals surface area contributed by atoms with Crippen LogP contribution in [0, 0.1) is 6.04 Å². The molecule has 0 bridgehead atoms. The zero-order valence-corrected chi connectivity index (χ0v) is 9.82. The van der Waals surface area contributed by atoms with Gasteiger partial charge in [-0.15, -0.1) is 0 Å². The molecule has 0 atom stereocenters. The summed E-state index contributed by atoms with van der Waals surface area (Å²) in [6, 6.07) is 9.88. The van der Waals surface area contributed by atoms with Crippen LogP contribution in [0.2, 0.25) is 0 Å². The van der Waals surface area contributed by atoms with E-state index in [9.17, 15) is 0 Å². The van der Waals surface area contributed by atoms with Crippen molar-refractivity contribution in [1.29, 1.82) is 0 Å². The van der Waals surface area contributed by atoms with Crippen LogP contribution in [-0.2, 0) is 26.8 Å². The van der Waals surface area contributed by atoms with Crippen molar-refractivity contribution in [3.8, 4) is 0 Å². The predicted octanol–water partition coefficient (Wildman–Crippen LogP) is 2.59. The van der Waals surface area contributed by atoms with Gasteiger partial charge >= 0.3 is 0 Å². The van der Waals surface area contributed by atoms with E-state index in [0.29, 0.717) is 0 Å². The van der Waals surface area contributed by atoms with Crippen molar-refractivity contribution in [2.24, 2.45) is 0 Å². The zero-order chi connectivity index (χ0) is 7.68. The summed E-state index contributed by atoms with van der Waals surface area (Å²) in [5, 5.41) is 3.38. The summed E-state index contributed by atoms with van der Waals surface area (Å²) >= 11 is 0. The Balaban J connectivity index is 0.000000720. The Bertz CT molecular complexity index is 260. The number of para-hydroxylation sites is 1. The summed E-state index contributed by atoms with van der Waals surface area (Å²) in [5.41, 5.74) is 2.73. The molecule has 0 amide bonds. The Morgan fingerprint density at radius 1 is 1.33 bits per heavy atom. The van der Waals surface area contributed by atoms with E-state index in [-0.39, 0.29) is 20.4 Å². The Morgan fingerprint density at radius 2 is 2.08 bits per heavy atom. The molecule has 1 aromatic rings. The van der Waals surface area contributed by atoms with Gasteiger partial charge in [0.25, 0.3) is 0 Å². The number of hydrogen-bond donors (Lipinski definition) is 1. The second-order valence-corrected chi connectivity index (χ2v) is 3.06. The first-order valence-electron chi connectivity index (χ1n) is 4.03. The Morgan fingerprint density at radius 3 is 2.92 bits per heavy atom. The van der Waals surface area contributed by atoms with Gasteiger partial charge in [0.15, 0.2) is 0 Å². The van der Waals surface area contributed by atoms with E-state index < -0.39 is 0 Å². The third-order valence-corrected chi connectivity index (χ3v) is 2.13. The van der Waals surface area contributed by atoms with E-state index in [1.54, 1.807) is 0 Å². The largest absolute Gasteiger partial charge is 0.532 e. The fraction of sp³-hybridized carbons (Fsp3) is 0.300. The molecule has 65 valence electrons. The van der Waals surface area contributed by atoms with Crippen molar-refractivity contribution >= 4 is 5.69 Å². The van der Waals surface area contributed by atoms with Crippen LogP contribution in [0.3, 0.4) is 0 Å². The van der Waals surface area contributed by atoms with Gasteiger partial charge in [-0.2, -0.15) is 13.3 Å². The summed E-state index contributed by atoms with van der Waals surface area (Å²) in [4.78, 5) is 0. The average Bonchev–Trinajstić information content (AvgIpc) is 2.04. The smallest absolute Gasteiger partial charge is 0.00802 e. The van der Waals surface area contributed by atoms with E-state index in [1.807, 2.05) is 0 Å². The van der Waals surface area contributed by atoms with Crippen LogP contribution < -0.4 is 5.32 Å². The molecule has 0 aliphatic carbocycles. The standard InChI is InChI=1S/C10H12N.Re/c1-8-6-7-9-4-2-3-5-10(9)11-8;/h2-5,11H,6-7H2,1H3;/q-1;. The summed E-state index contributed by atoms with van der Waals surface area (Å²) < 4.78 is 0. The molecule has 2 heteroatoms. The number of fused-ring (bicyclic) bond motifs is 1. The molecule has 0 saturated heterocycles. The van der Waals surface area contributed by atoms with Crippen molar-refractivity contribution in [3.05, 3.63) is 35.9 Å². The second-order valence-electron chi connectivity index (χ2n) is 3.06. The fourth-order valence-corrected chi connectivity index (χ4v) is 1.47. The van der Waals surface area contributed by atoms with Gasteiger partial charge in [-0.1, -0.05) is 24.6 Å². The molecule has 1 aliphatic rings. The second kappa shape index (κ2) is 4.07. The number of rotatable bonds is 0. The SMILES string of the molecule is C[C-]1CCc2ccccc2N1.[Re].